The average Bonchev–Trinajstić information content (AvgIpc) is 3.01. The van der Waals surface area contributed by atoms with Crippen LogP contribution in [-0.2, 0) is 22.0 Å². The molecule has 4 nitrogen and oxygen atoms in total. The Morgan fingerprint density at radius 1 is 1.24 bits per heavy atom. The SMILES string of the molecule is CC(C)(CNS(=O)(=O)c1cccc(CN)c1)c1cccs1. The van der Waals surface area contributed by atoms with E-state index < -0.39 is 10.0 Å². The standard InChI is InChI=1S/C15H20N2O2S2/c1-15(2,14-7-4-8-20-14)11-17-21(18,19)13-6-3-5-12(9-13)10-16/h3-9,17H,10-11,16H2,1-2H3. The monoisotopic (exact) mass is 324 g/mol. The van der Waals surface area contributed by atoms with Gasteiger partial charge in [0.25, 0.3) is 0 Å². The second-order valence-electron chi connectivity index (χ2n) is 5.54. The van der Waals surface area contributed by atoms with E-state index in [4.69, 9.17) is 5.73 Å². The second-order valence-corrected chi connectivity index (χ2v) is 8.25. The molecule has 0 aliphatic rings. The first-order chi connectivity index (χ1) is 9.85. The molecule has 3 N–H and O–H groups in total. The Bertz CT molecular complexity index is 692. The van der Waals surface area contributed by atoms with Gasteiger partial charge in [0.15, 0.2) is 0 Å². The van der Waals surface area contributed by atoms with Gasteiger partial charge in [0.05, 0.1) is 4.90 Å². The molecular weight excluding hydrogens is 304 g/mol. The molecule has 0 atom stereocenters. The van der Waals surface area contributed by atoms with Crippen LogP contribution in [0, 0.1) is 0 Å². The van der Waals surface area contributed by atoms with Crippen molar-refractivity contribution in [3.8, 4) is 0 Å². The van der Waals surface area contributed by atoms with Crippen LogP contribution in [0.4, 0.5) is 0 Å². The molecule has 0 bridgehead atoms. The van der Waals surface area contributed by atoms with Gasteiger partial charge in [0.1, 0.15) is 0 Å². The van der Waals surface area contributed by atoms with Gasteiger partial charge >= 0.3 is 0 Å². The van der Waals surface area contributed by atoms with Crippen molar-refractivity contribution in [2.75, 3.05) is 6.54 Å². The van der Waals surface area contributed by atoms with Crippen LogP contribution in [0.2, 0.25) is 0 Å². The van der Waals surface area contributed by atoms with Crippen LogP contribution in [0.25, 0.3) is 0 Å². The topological polar surface area (TPSA) is 72.2 Å². The van der Waals surface area contributed by atoms with Gasteiger partial charge in [-0.1, -0.05) is 32.0 Å². The molecule has 0 amide bonds. The molecule has 0 aliphatic heterocycles. The van der Waals surface area contributed by atoms with Gasteiger partial charge in [0.2, 0.25) is 10.0 Å². The van der Waals surface area contributed by atoms with Crippen LogP contribution in [0.1, 0.15) is 24.3 Å². The van der Waals surface area contributed by atoms with E-state index >= 15 is 0 Å². The Kier molecular flexibility index (Phi) is 4.83. The minimum atomic E-state index is -3.52. The Morgan fingerprint density at radius 3 is 2.62 bits per heavy atom. The predicted molar refractivity (Wildman–Crippen MR) is 86.9 cm³/mol. The summed E-state index contributed by atoms with van der Waals surface area (Å²) in [5.41, 5.74) is 6.11. The van der Waals surface area contributed by atoms with Crippen molar-refractivity contribution in [3.63, 3.8) is 0 Å². The summed E-state index contributed by atoms with van der Waals surface area (Å²) in [5, 5.41) is 2.00. The second kappa shape index (κ2) is 6.27. The van der Waals surface area contributed by atoms with Gasteiger partial charge in [-0.05, 0) is 29.1 Å². The number of rotatable bonds is 6. The number of nitrogens with two attached hydrogens (primary N) is 1. The van der Waals surface area contributed by atoms with Gasteiger partial charge < -0.3 is 5.73 Å². The van der Waals surface area contributed by atoms with Crippen molar-refractivity contribution in [2.24, 2.45) is 5.73 Å². The highest BCUT2D eigenvalue weighted by Gasteiger charge is 2.25. The molecule has 0 saturated heterocycles. The Labute approximate surface area is 130 Å². The Morgan fingerprint density at radius 2 is 2.00 bits per heavy atom. The molecule has 0 radical (unpaired) electrons. The fourth-order valence-corrected chi connectivity index (χ4v) is 4.08. The molecule has 0 aliphatic carbocycles. The minimum absolute atomic E-state index is 0.243. The summed E-state index contributed by atoms with van der Waals surface area (Å²) < 4.78 is 27.4. The molecule has 2 rings (SSSR count). The van der Waals surface area contributed by atoms with Crippen molar-refractivity contribution < 1.29 is 8.42 Å². The zero-order chi connectivity index (χ0) is 15.5. The van der Waals surface area contributed by atoms with Crippen LogP contribution in [-0.4, -0.2) is 15.0 Å². The maximum absolute atomic E-state index is 12.4. The minimum Gasteiger partial charge on any atom is -0.326 e. The van der Waals surface area contributed by atoms with E-state index in [-0.39, 0.29) is 10.3 Å². The predicted octanol–water partition coefficient (Wildman–Crippen LogP) is 2.46. The van der Waals surface area contributed by atoms with Crippen molar-refractivity contribution in [3.05, 3.63) is 52.2 Å². The molecular formula is C15H20N2O2S2. The quantitative estimate of drug-likeness (QED) is 0.857. The van der Waals surface area contributed by atoms with E-state index in [9.17, 15) is 8.42 Å². The number of nitrogens with one attached hydrogen (secondary N) is 1. The first-order valence-electron chi connectivity index (χ1n) is 6.68. The summed E-state index contributed by atoms with van der Waals surface area (Å²) in [6.07, 6.45) is 0. The molecule has 0 unspecified atom stereocenters. The lowest BCUT2D eigenvalue weighted by Gasteiger charge is -2.23. The van der Waals surface area contributed by atoms with Crippen molar-refractivity contribution in [2.45, 2.75) is 30.7 Å². The van der Waals surface area contributed by atoms with Gasteiger partial charge in [0, 0.05) is 23.4 Å². The number of thiophene rings is 1. The lowest BCUT2D eigenvalue weighted by Crippen LogP contribution is -2.36. The molecule has 114 valence electrons. The zero-order valence-corrected chi connectivity index (χ0v) is 13.8. The fourth-order valence-electron chi connectivity index (χ4n) is 1.95. The molecule has 0 fully saturated rings. The first-order valence-corrected chi connectivity index (χ1v) is 9.04. The van der Waals surface area contributed by atoms with Crippen LogP contribution >= 0.6 is 11.3 Å². The largest absolute Gasteiger partial charge is 0.326 e. The van der Waals surface area contributed by atoms with Gasteiger partial charge in [-0.3, -0.25) is 0 Å². The normalized spacial score (nSPS) is 12.5. The van der Waals surface area contributed by atoms with Gasteiger partial charge in [-0.15, -0.1) is 11.3 Å². The highest BCUT2D eigenvalue weighted by Crippen LogP contribution is 2.27. The highest BCUT2D eigenvalue weighted by atomic mass is 32.2. The van der Waals surface area contributed by atoms with Crippen molar-refractivity contribution in [1.29, 1.82) is 0 Å². The average molecular weight is 324 g/mol. The van der Waals surface area contributed by atoms with E-state index in [1.165, 1.54) is 0 Å². The summed E-state index contributed by atoms with van der Waals surface area (Å²) in [7, 11) is -3.52. The van der Waals surface area contributed by atoms with E-state index in [0.29, 0.717) is 13.1 Å². The Hall–Kier alpha value is -1.21. The molecule has 0 saturated carbocycles. The van der Waals surface area contributed by atoms with E-state index in [1.807, 2.05) is 37.4 Å². The summed E-state index contributed by atoms with van der Waals surface area (Å²) >= 11 is 1.63. The van der Waals surface area contributed by atoms with E-state index in [2.05, 4.69) is 4.72 Å². The Balaban J connectivity index is 2.14. The molecule has 1 heterocycles. The lowest BCUT2D eigenvalue weighted by atomic mass is 9.92. The maximum atomic E-state index is 12.4. The first kappa shape index (κ1) is 16.2. The van der Waals surface area contributed by atoms with Crippen LogP contribution < -0.4 is 10.5 Å². The zero-order valence-electron chi connectivity index (χ0n) is 12.2. The fraction of sp³-hybridized carbons (Fsp3) is 0.333. The number of hydrogen-bond donors (Lipinski definition) is 2. The highest BCUT2D eigenvalue weighted by molar-refractivity contribution is 7.89. The smallest absolute Gasteiger partial charge is 0.240 e. The molecule has 1 aromatic heterocycles. The molecule has 2 aromatic rings. The molecule has 6 heteroatoms. The van der Waals surface area contributed by atoms with Gasteiger partial charge in [-0.2, -0.15) is 0 Å². The van der Waals surface area contributed by atoms with Crippen LogP contribution in [0.5, 0.6) is 0 Å². The summed E-state index contributed by atoms with van der Waals surface area (Å²) in [6.45, 7) is 4.72. The summed E-state index contributed by atoms with van der Waals surface area (Å²) in [5.74, 6) is 0. The summed E-state index contributed by atoms with van der Waals surface area (Å²) in [4.78, 5) is 1.41. The van der Waals surface area contributed by atoms with Crippen molar-refractivity contribution in [1.82, 2.24) is 4.72 Å². The number of hydrogen-bond acceptors (Lipinski definition) is 4. The third-order valence-electron chi connectivity index (χ3n) is 3.34. The number of sulfonamides is 1. The maximum Gasteiger partial charge on any atom is 0.240 e. The van der Waals surface area contributed by atoms with Crippen LogP contribution in [0.15, 0.2) is 46.7 Å². The molecule has 0 spiro atoms. The van der Waals surface area contributed by atoms with Gasteiger partial charge in [-0.25, -0.2) is 13.1 Å². The van der Waals surface area contributed by atoms with E-state index in [0.717, 1.165) is 10.4 Å². The number of benzene rings is 1. The third kappa shape index (κ3) is 3.91. The molecule has 1 aromatic carbocycles. The molecule has 21 heavy (non-hydrogen) atoms. The van der Waals surface area contributed by atoms with E-state index in [1.54, 1.807) is 29.5 Å². The lowest BCUT2D eigenvalue weighted by molar-refractivity contribution is 0.509. The third-order valence-corrected chi connectivity index (χ3v) is 5.97. The van der Waals surface area contributed by atoms with Crippen molar-refractivity contribution >= 4 is 21.4 Å². The van der Waals surface area contributed by atoms with Crippen LogP contribution in [0.3, 0.4) is 0 Å². The summed E-state index contributed by atoms with van der Waals surface area (Å²) in [6, 6.07) is 10.7.